The fraction of sp³-hybridized carbons (Fsp3) is 0.571. The topological polar surface area (TPSA) is 33.3 Å². The first-order valence-electron chi connectivity index (χ1n) is 6.41. The van der Waals surface area contributed by atoms with Gasteiger partial charge in [-0.25, -0.2) is 4.39 Å². The molecule has 3 nitrogen and oxygen atoms in total. The number of hydrogen-bond acceptors (Lipinski definition) is 3. The molecule has 2 N–H and O–H groups in total. The molecule has 0 amide bonds. The van der Waals surface area contributed by atoms with E-state index in [0.717, 1.165) is 12.1 Å². The molecule has 0 saturated heterocycles. The van der Waals surface area contributed by atoms with Crippen molar-refractivity contribution in [1.29, 1.82) is 0 Å². The molecule has 4 heteroatoms. The number of likely N-dealkylation sites (N-methyl/N-ethyl adjacent to an activating group) is 1. The summed E-state index contributed by atoms with van der Waals surface area (Å²) in [4.78, 5) is 0. The highest BCUT2D eigenvalue weighted by Gasteiger charge is 2.12. The van der Waals surface area contributed by atoms with E-state index in [1.165, 1.54) is 6.07 Å². The average Bonchev–Trinajstić information content (AvgIpc) is 2.33. The van der Waals surface area contributed by atoms with E-state index >= 15 is 0 Å². The van der Waals surface area contributed by atoms with Gasteiger partial charge in [-0.2, -0.15) is 0 Å². The number of hydrogen-bond donors (Lipinski definition) is 2. The van der Waals surface area contributed by atoms with E-state index in [-0.39, 0.29) is 11.9 Å². The monoisotopic (exact) mass is 254 g/mol. The number of ether oxygens (including phenoxy) is 1. The molecule has 0 aromatic heterocycles. The number of halogens is 1. The quantitative estimate of drug-likeness (QED) is 0.784. The summed E-state index contributed by atoms with van der Waals surface area (Å²) in [5.74, 6) is 0.00655. The van der Waals surface area contributed by atoms with Crippen LogP contribution in [0.1, 0.15) is 32.4 Å². The Morgan fingerprint density at radius 2 is 2.06 bits per heavy atom. The minimum absolute atomic E-state index is 0.0950. The zero-order valence-corrected chi connectivity index (χ0v) is 11.6. The van der Waals surface area contributed by atoms with E-state index in [2.05, 4.69) is 24.5 Å². The van der Waals surface area contributed by atoms with Crippen molar-refractivity contribution < 1.29 is 9.13 Å². The molecule has 1 aromatic carbocycles. The highest BCUT2D eigenvalue weighted by molar-refractivity contribution is 5.31. The molecule has 0 spiro atoms. The molecule has 1 unspecified atom stereocenters. The third kappa shape index (κ3) is 4.27. The Bertz CT molecular complexity index is 369. The Balaban J connectivity index is 2.77. The van der Waals surface area contributed by atoms with Crippen LogP contribution in [0.25, 0.3) is 0 Å². The summed E-state index contributed by atoms with van der Waals surface area (Å²) in [6, 6.07) is 5.63. The van der Waals surface area contributed by atoms with Crippen molar-refractivity contribution in [3.05, 3.63) is 29.6 Å². The molecule has 0 fully saturated rings. The van der Waals surface area contributed by atoms with Crippen LogP contribution < -0.4 is 15.4 Å². The summed E-state index contributed by atoms with van der Waals surface area (Å²) in [5.41, 5.74) is 0.923. The predicted octanol–water partition coefficient (Wildman–Crippen LogP) is 2.48. The van der Waals surface area contributed by atoms with Crippen LogP contribution in [-0.4, -0.2) is 26.2 Å². The van der Waals surface area contributed by atoms with Gasteiger partial charge in [0.05, 0.1) is 6.61 Å². The summed E-state index contributed by atoms with van der Waals surface area (Å²) >= 11 is 0. The van der Waals surface area contributed by atoms with E-state index < -0.39 is 0 Å². The van der Waals surface area contributed by atoms with Crippen molar-refractivity contribution in [2.24, 2.45) is 0 Å². The fourth-order valence-corrected chi connectivity index (χ4v) is 1.75. The zero-order chi connectivity index (χ0) is 13.5. The summed E-state index contributed by atoms with van der Waals surface area (Å²) in [6.45, 7) is 7.26. The highest BCUT2D eigenvalue weighted by Crippen LogP contribution is 2.22. The molecule has 1 atom stereocenters. The maximum absolute atomic E-state index is 13.8. The average molecular weight is 254 g/mol. The lowest BCUT2D eigenvalue weighted by molar-refractivity contribution is 0.321. The standard InChI is InChI=1S/C14H23FN2O/c1-5-18-14-7-6-11(8-12(14)15)13(16-4)9-17-10(2)3/h6-8,10,13,16-17H,5,9H2,1-4H3. The first-order valence-corrected chi connectivity index (χ1v) is 6.41. The van der Waals surface area contributed by atoms with E-state index in [4.69, 9.17) is 4.74 Å². The van der Waals surface area contributed by atoms with Crippen LogP contribution in [-0.2, 0) is 0 Å². The molecule has 102 valence electrons. The third-order valence-corrected chi connectivity index (χ3v) is 2.74. The van der Waals surface area contributed by atoms with Crippen molar-refractivity contribution in [1.82, 2.24) is 10.6 Å². The Hall–Kier alpha value is -1.13. The lowest BCUT2D eigenvalue weighted by Gasteiger charge is -2.19. The molecule has 0 aliphatic rings. The van der Waals surface area contributed by atoms with Gasteiger partial charge in [0.2, 0.25) is 0 Å². The van der Waals surface area contributed by atoms with Gasteiger partial charge in [-0.15, -0.1) is 0 Å². The molecule has 0 bridgehead atoms. The van der Waals surface area contributed by atoms with Crippen LogP contribution in [0.5, 0.6) is 5.75 Å². The lowest BCUT2D eigenvalue weighted by Crippen LogP contribution is -2.33. The first-order chi connectivity index (χ1) is 8.58. The van der Waals surface area contributed by atoms with Gasteiger partial charge < -0.3 is 15.4 Å². The molecule has 0 aliphatic heterocycles. The predicted molar refractivity (Wildman–Crippen MR) is 72.5 cm³/mol. The van der Waals surface area contributed by atoms with Crippen LogP contribution in [0.15, 0.2) is 18.2 Å². The molecule has 0 heterocycles. The van der Waals surface area contributed by atoms with E-state index in [1.807, 2.05) is 20.0 Å². The smallest absolute Gasteiger partial charge is 0.165 e. The summed E-state index contributed by atoms with van der Waals surface area (Å²) < 4.78 is 19.0. The summed E-state index contributed by atoms with van der Waals surface area (Å²) in [7, 11) is 1.88. The zero-order valence-electron chi connectivity index (χ0n) is 11.6. The Morgan fingerprint density at radius 3 is 2.56 bits per heavy atom. The van der Waals surface area contributed by atoms with Crippen LogP contribution in [0.4, 0.5) is 4.39 Å². The van der Waals surface area contributed by atoms with Crippen molar-refractivity contribution in [3.8, 4) is 5.75 Å². The normalized spacial score (nSPS) is 12.8. The van der Waals surface area contributed by atoms with Crippen LogP contribution in [0.3, 0.4) is 0 Å². The summed E-state index contributed by atoms with van der Waals surface area (Å²) in [5, 5.41) is 6.52. The van der Waals surface area contributed by atoms with Crippen molar-refractivity contribution in [2.45, 2.75) is 32.9 Å². The van der Waals surface area contributed by atoms with Gasteiger partial charge in [0.1, 0.15) is 0 Å². The highest BCUT2D eigenvalue weighted by atomic mass is 19.1. The maximum Gasteiger partial charge on any atom is 0.165 e. The molecule has 0 aliphatic carbocycles. The second-order valence-corrected chi connectivity index (χ2v) is 4.53. The molecular formula is C14H23FN2O. The van der Waals surface area contributed by atoms with E-state index in [9.17, 15) is 4.39 Å². The van der Waals surface area contributed by atoms with Crippen molar-refractivity contribution >= 4 is 0 Å². The number of benzene rings is 1. The summed E-state index contributed by atoms with van der Waals surface area (Å²) in [6.07, 6.45) is 0. The molecule has 1 rings (SSSR count). The number of rotatable bonds is 7. The van der Waals surface area contributed by atoms with Crippen LogP contribution >= 0.6 is 0 Å². The Kier molecular flexibility index (Phi) is 6.09. The SMILES string of the molecule is CCOc1ccc(C(CNC(C)C)NC)cc1F. The van der Waals surface area contributed by atoms with Crippen LogP contribution in [0.2, 0.25) is 0 Å². The largest absolute Gasteiger partial charge is 0.491 e. The van der Waals surface area contributed by atoms with E-state index in [0.29, 0.717) is 18.4 Å². The van der Waals surface area contributed by atoms with Crippen molar-refractivity contribution in [2.75, 3.05) is 20.2 Å². The fourth-order valence-electron chi connectivity index (χ4n) is 1.75. The van der Waals surface area contributed by atoms with Gasteiger partial charge in [0.25, 0.3) is 0 Å². The van der Waals surface area contributed by atoms with Gasteiger partial charge in [-0.05, 0) is 31.7 Å². The van der Waals surface area contributed by atoms with Crippen LogP contribution in [0, 0.1) is 5.82 Å². The molecule has 0 radical (unpaired) electrons. The second-order valence-electron chi connectivity index (χ2n) is 4.53. The lowest BCUT2D eigenvalue weighted by atomic mass is 10.1. The molecule has 0 saturated carbocycles. The minimum atomic E-state index is -0.306. The second kappa shape index (κ2) is 7.34. The first kappa shape index (κ1) is 14.9. The Morgan fingerprint density at radius 1 is 1.33 bits per heavy atom. The van der Waals surface area contributed by atoms with Gasteiger partial charge in [-0.1, -0.05) is 19.9 Å². The van der Waals surface area contributed by atoms with Gasteiger partial charge in [0.15, 0.2) is 11.6 Å². The third-order valence-electron chi connectivity index (χ3n) is 2.74. The minimum Gasteiger partial charge on any atom is -0.491 e. The molecule has 18 heavy (non-hydrogen) atoms. The molecule has 1 aromatic rings. The van der Waals surface area contributed by atoms with Crippen molar-refractivity contribution in [3.63, 3.8) is 0 Å². The van der Waals surface area contributed by atoms with Gasteiger partial charge in [-0.3, -0.25) is 0 Å². The van der Waals surface area contributed by atoms with Gasteiger partial charge in [0, 0.05) is 18.6 Å². The number of nitrogens with one attached hydrogen (secondary N) is 2. The van der Waals surface area contributed by atoms with Gasteiger partial charge >= 0.3 is 0 Å². The maximum atomic E-state index is 13.8. The van der Waals surface area contributed by atoms with E-state index in [1.54, 1.807) is 6.07 Å². The molecular weight excluding hydrogens is 231 g/mol. The Labute approximate surface area is 109 Å².